The van der Waals surface area contributed by atoms with Crippen LogP contribution in [-0.2, 0) is 5.41 Å². The number of aliphatic hydroxyl groups excluding tert-OH is 1. The van der Waals surface area contributed by atoms with Crippen LogP contribution in [0.25, 0.3) is 0 Å². The summed E-state index contributed by atoms with van der Waals surface area (Å²) in [6.07, 6.45) is 1.22. The quantitative estimate of drug-likeness (QED) is 0.922. The van der Waals surface area contributed by atoms with E-state index in [4.69, 9.17) is 0 Å². The molecule has 1 N–H and O–H groups in total. The summed E-state index contributed by atoms with van der Waals surface area (Å²) in [4.78, 5) is 2.52. The summed E-state index contributed by atoms with van der Waals surface area (Å²) < 4.78 is 0.386. The average molecular weight is 293 g/mol. The van der Waals surface area contributed by atoms with E-state index in [1.54, 1.807) is 0 Å². The third kappa shape index (κ3) is 4.00. The zero-order valence-electron chi connectivity index (χ0n) is 12.9. The van der Waals surface area contributed by atoms with Crippen LogP contribution < -0.4 is 0 Å². The Kier molecular flexibility index (Phi) is 5.16. The minimum absolute atomic E-state index is 0.166. The molecule has 2 rings (SSSR count). The van der Waals surface area contributed by atoms with E-state index in [2.05, 4.69) is 61.7 Å². The van der Waals surface area contributed by atoms with Gasteiger partial charge in [-0.05, 0) is 18.5 Å². The Hall–Kier alpha value is -0.510. The molecule has 1 aliphatic heterocycles. The van der Waals surface area contributed by atoms with Crippen molar-refractivity contribution in [1.29, 1.82) is 0 Å². The van der Waals surface area contributed by atoms with E-state index < -0.39 is 0 Å². The van der Waals surface area contributed by atoms with Crippen LogP contribution in [0, 0.1) is 0 Å². The first-order valence-corrected chi connectivity index (χ1v) is 8.46. The monoisotopic (exact) mass is 293 g/mol. The number of rotatable bonds is 4. The van der Waals surface area contributed by atoms with Crippen molar-refractivity contribution in [2.45, 2.75) is 37.4 Å². The standard InChI is InChI=1S/C17H27NOS/c1-16(2)9-10-18(11-12-20-16)13-17(3,14-19)15-7-5-4-6-8-15/h4-8,19H,9-14H2,1-3H3. The van der Waals surface area contributed by atoms with Gasteiger partial charge in [-0.25, -0.2) is 0 Å². The van der Waals surface area contributed by atoms with Crippen molar-refractivity contribution in [3.05, 3.63) is 35.9 Å². The maximum Gasteiger partial charge on any atom is 0.0537 e. The molecular formula is C17H27NOS. The Morgan fingerprint density at radius 3 is 2.60 bits per heavy atom. The van der Waals surface area contributed by atoms with Crippen LogP contribution in [0.4, 0.5) is 0 Å². The molecule has 1 aromatic rings. The fourth-order valence-electron chi connectivity index (χ4n) is 2.79. The summed E-state index contributed by atoms with van der Waals surface area (Å²) in [7, 11) is 0. The molecule has 1 unspecified atom stereocenters. The molecule has 0 amide bonds. The second-order valence-electron chi connectivity index (χ2n) is 6.72. The highest BCUT2D eigenvalue weighted by atomic mass is 32.2. The summed E-state index contributed by atoms with van der Waals surface area (Å²) >= 11 is 2.07. The lowest BCUT2D eigenvalue weighted by Gasteiger charge is -2.34. The molecule has 1 atom stereocenters. The lowest BCUT2D eigenvalue weighted by atomic mass is 9.82. The van der Waals surface area contributed by atoms with E-state index in [1.165, 1.54) is 17.7 Å². The van der Waals surface area contributed by atoms with Crippen LogP contribution in [0.15, 0.2) is 30.3 Å². The van der Waals surface area contributed by atoms with Crippen molar-refractivity contribution >= 4 is 11.8 Å². The number of aliphatic hydroxyl groups is 1. The van der Waals surface area contributed by atoms with Crippen LogP contribution >= 0.6 is 11.8 Å². The highest BCUT2D eigenvalue weighted by molar-refractivity contribution is 8.00. The molecule has 0 spiro atoms. The third-order valence-electron chi connectivity index (χ3n) is 4.32. The van der Waals surface area contributed by atoms with Gasteiger partial charge in [-0.15, -0.1) is 0 Å². The smallest absolute Gasteiger partial charge is 0.0537 e. The lowest BCUT2D eigenvalue weighted by molar-refractivity contribution is 0.147. The Morgan fingerprint density at radius 1 is 1.25 bits per heavy atom. The third-order valence-corrected chi connectivity index (χ3v) is 5.69. The minimum atomic E-state index is -0.166. The highest BCUT2D eigenvalue weighted by Gasteiger charge is 2.31. The first kappa shape index (κ1) is 15.9. The van der Waals surface area contributed by atoms with E-state index >= 15 is 0 Å². The maximum absolute atomic E-state index is 9.91. The Morgan fingerprint density at radius 2 is 1.95 bits per heavy atom. The summed E-state index contributed by atoms with van der Waals surface area (Å²) in [6.45, 7) is 10.2. The maximum atomic E-state index is 9.91. The molecule has 2 nitrogen and oxygen atoms in total. The van der Waals surface area contributed by atoms with Gasteiger partial charge in [0.25, 0.3) is 0 Å². The van der Waals surface area contributed by atoms with Crippen LogP contribution in [0.2, 0.25) is 0 Å². The Balaban J connectivity index is 2.06. The predicted molar refractivity (Wildman–Crippen MR) is 88.5 cm³/mol. The van der Waals surface area contributed by atoms with Gasteiger partial charge in [-0.1, -0.05) is 51.1 Å². The molecule has 1 aromatic carbocycles. The molecule has 0 aromatic heterocycles. The van der Waals surface area contributed by atoms with Gasteiger partial charge in [-0.3, -0.25) is 0 Å². The molecule has 1 heterocycles. The largest absolute Gasteiger partial charge is 0.395 e. The molecular weight excluding hydrogens is 266 g/mol. The molecule has 0 radical (unpaired) electrons. The van der Waals surface area contributed by atoms with Crippen LogP contribution in [0.5, 0.6) is 0 Å². The Labute approximate surface area is 127 Å². The number of benzene rings is 1. The predicted octanol–water partition coefficient (Wildman–Crippen LogP) is 3.15. The van der Waals surface area contributed by atoms with Gasteiger partial charge in [-0.2, -0.15) is 11.8 Å². The first-order chi connectivity index (χ1) is 9.45. The van der Waals surface area contributed by atoms with E-state index in [0.29, 0.717) is 4.75 Å². The van der Waals surface area contributed by atoms with Crippen molar-refractivity contribution in [2.24, 2.45) is 0 Å². The van der Waals surface area contributed by atoms with E-state index in [9.17, 15) is 5.11 Å². The zero-order chi connectivity index (χ0) is 14.6. The highest BCUT2D eigenvalue weighted by Crippen LogP contribution is 2.32. The van der Waals surface area contributed by atoms with Gasteiger partial charge >= 0.3 is 0 Å². The molecule has 112 valence electrons. The topological polar surface area (TPSA) is 23.5 Å². The molecule has 20 heavy (non-hydrogen) atoms. The van der Waals surface area contributed by atoms with Crippen molar-refractivity contribution in [2.75, 3.05) is 32.0 Å². The second kappa shape index (κ2) is 6.50. The van der Waals surface area contributed by atoms with Gasteiger partial charge in [0, 0.05) is 29.0 Å². The number of hydrogen-bond acceptors (Lipinski definition) is 3. The number of hydrogen-bond donors (Lipinski definition) is 1. The van der Waals surface area contributed by atoms with Gasteiger partial charge in [0.2, 0.25) is 0 Å². The number of thioether (sulfide) groups is 1. The SMILES string of the molecule is CC1(C)CCN(CC(C)(CO)c2ccccc2)CCS1. The molecule has 0 bridgehead atoms. The van der Waals surface area contributed by atoms with E-state index in [-0.39, 0.29) is 12.0 Å². The van der Waals surface area contributed by atoms with E-state index in [0.717, 1.165) is 19.6 Å². The Bertz CT molecular complexity index is 420. The van der Waals surface area contributed by atoms with Gasteiger partial charge in [0.1, 0.15) is 0 Å². The average Bonchev–Trinajstić information content (AvgIpc) is 2.61. The lowest BCUT2D eigenvalue weighted by Crippen LogP contribution is -2.42. The molecule has 3 heteroatoms. The van der Waals surface area contributed by atoms with Crippen molar-refractivity contribution < 1.29 is 5.11 Å². The van der Waals surface area contributed by atoms with Gasteiger partial charge in [0.15, 0.2) is 0 Å². The molecule has 1 aliphatic rings. The molecule has 0 aliphatic carbocycles. The summed E-state index contributed by atoms with van der Waals surface area (Å²) in [5.41, 5.74) is 1.07. The fraction of sp³-hybridized carbons (Fsp3) is 0.647. The molecule has 1 saturated heterocycles. The fourth-order valence-corrected chi connectivity index (χ4v) is 3.92. The van der Waals surface area contributed by atoms with Crippen LogP contribution in [0.3, 0.4) is 0 Å². The second-order valence-corrected chi connectivity index (χ2v) is 8.52. The summed E-state index contributed by atoms with van der Waals surface area (Å²) in [5, 5.41) is 9.91. The van der Waals surface area contributed by atoms with Gasteiger partial charge in [0.05, 0.1) is 6.61 Å². The number of nitrogens with zero attached hydrogens (tertiary/aromatic N) is 1. The first-order valence-electron chi connectivity index (χ1n) is 7.48. The van der Waals surface area contributed by atoms with Gasteiger partial charge < -0.3 is 10.0 Å². The van der Waals surface area contributed by atoms with Crippen molar-refractivity contribution in [3.8, 4) is 0 Å². The normalized spacial score (nSPS) is 23.0. The zero-order valence-corrected chi connectivity index (χ0v) is 13.7. The summed E-state index contributed by atoms with van der Waals surface area (Å²) in [6, 6.07) is 10.4. The van der Waals surface area contributed by atoms with Crippen molar-refractivity contribution in [1.82, 2.24) is 4.90 Å². The molecule has 1 fully saturated rings. The van der Waals surface area contributed by atoms with Crippen LogP contribution in [-0.4, -0.2) is 46.7 Å². The van der Waals surface area contributed by atoms with Crippen molar-refractivity contribution in [3.63, 3.8) is 0 Å². The molecule has 0 saturated carbocycles. The van der Waals surface area contributed by atoms with Crippen LogP contribution in [0.1, 0.15) is 32.8 Å². The summed E-state index contributed by atoms with van der Waals surface area (Å²) in [5.74, 6) is 1.18. The van der Waals surface area contributed by atoms with E-state index in [1.807, 2.05) is 6.07 Å². The minimum Gasteiger partial charge on any atom is -0.395 e.